The number of hydrogen-bond donors (Lipinski definition) is 0. The Bertz CT molecular complexity index is 2050. The zero-order chi connectivity index (χ0) is 32.6. The van der Waals surface area contributed by atoms with Crippen molar-refractivity contribution in [1.29, 1.82) is 0 Å². The average molecular weight is 664 g/mol. The first kappa shape index (κ1) is 32.3. The van der Waals surface area contributed by atoms with E-state index in [9.17, 15) is 0 Å². The second kappa shape index (κ2) is 15.3. The average Bonchev–Trinajstić information content (AvgIpc) is 3.50. The molecule has 6 nitrogen and oxygen atoms in total. The van der Waals surface area contributed by atoms with Crippen LogP contribution in [0.15, 0.2) is 84.9 Å². The Morgan fingerprint density at radius 2 is 1.19 bits per heavy atom. The van der Waals surface area contributed by atoms with E-state index in [4.69, 9.17) is 47.7 Å². The molecule has 3 heterocycles. The topological polar surface area (TPSA) is 62.1 Å². The third kappa shape index (κ3) is 8.02. The van der Waals surface area contributed by atoms with Gasteiger partial charge in [-0.2, -0.15) is 5.10 Å². The molecule has 238 valence electrons. The Hall–Kier alpha value is -4.65. The fraction of sp³-hybridized carbons (Fsp3) is 0.205. The minimum absolute atomic E-state index is 0.577. The van der Waals surface area contributed by atoms with Gasteiger partial charge in [-0.1, -0.05) is 80.2 Å². The maximum atomic E-state index is 6.26. The van der Waals surface area contributed by atoms with Gasteiger partial charge in [0.15, 0.2) is 0 Å². The van der Waals surface area contributed by atoms with Gasteiger partial charge in [0.25, 0.3) is 0 Å². The van der Waals surface area contributed by atoms with Crippen LogP contribution in [0.1, 0.15) is 62.0 Å². The van der Waals surface area contributed by atoms with Gasteiger partial charge in [-0.25, -0.2) is 14.6 Å². The Labute approximate surface area is 285 Å². The Morgan fingerprint density at radius 1 is 0.638 bits per heavy atom. The van der Waals surface area contributed by atoms with E-state index in [2.05, 4.69) is 32.0 Å². The number of aromatic nitrogens is 4. The summed E-state index contributed by atoms with van der Waals surface area (Å²) in [7, 11) is 0. The van der Waals surface area contributed by atoms with Gasteiger partial charge in [0.05, 0.1) is 41.3 Å². The van der Waals surface area contributed by atoms with Crippen LogP contribution in [-0.4, -0.2) is 33.0 Å². The molecule has 3 aromatic heterocycles. The Kier molecular flexibility index (Phi) is 10.5. The summed E-state index contributed by atoms with van der Waals surface area (Å²) in [5.74, 6) is 1.16. The predicted octanol–water partition coefficient (Wildman–Crippen LogP) is 11.0. The normalized spacial score (nSPS) is 11.7. The van der Waals surface area contributed by atoms with Crippen molar-refractivity contribution in [3.05, 3.63) is 117 Å². The third-order valence-electron chi connectivity index (χ3n) is 7.64. The van der Waals surface area contributed by atoms with Crippen molar-refractivity contribution in [3.63, 3.8) is 0 Å². The van der Waals surface area contributed by atoms with Crippen molar-refractivity contribution in [2.24, 2.45) is 0 Å². The van der Waals surface area contributed by atoms with Crippen molar-refractivity contribution in [2.75, 3.05) is 13.2 Å². The van der Waals surface area contributed by atoms with Crippen molar-refractivity contribution >= 4 is 69.3 Å². The van der Waals surface area contributed by atoms with Crippen molar-refractivity contribution in [1.82, 2.24) is 19.7 Å². The number of fused-ring (bicyclic) bond motifs is 2. The van der Waals surface area contributed by atoms with Crippen molar-refractivity contribution in [2.45, 2.75) is 39.5 Å². The summed E-state index contributed by atoms with van der Waals surface area (Å²) in [6, 6.07) is 27.7. The summed E-state index contributed by atoms with van der Waals surface area (Å²) in [6.07, 6.45) is 12.0. The largest absolute Gasteiger partial charge is 0.477 e. The summed E-state index contributed by atoms with van der Waals surface area (Å²) in [5.41, 5.74) is 5.99. The third-order valence-corrected chi connectivity index (χ3v) is 8.11. The first-order valence-corrected chi connectivity index (χ1v) is 16.7. The molecule has 0 N–H and O–H groups in total. The fourth-order valence-corrected chi connectivity index (χ4v) is 5.45. The maximum absolute atomic E-state index is 6.26. The molecule has 47 heavy (non-hydrogen) atoms. The summed E-state index contributed by atoms with van der Waals surface area (Å²) in [5, 5.41) is 8.22. The van der Waals surface area contributed by atoms with E-state index in [0.29, 0.717) is 35.0 Å². The van der Waals surface area contributed by atoms with Gasteiger partial charge >= 0.3 is 0 Å². The van der Waals surface area contributed by atoms with Gasteiger partial charge in [-0.05, 0) is 91.7 Å². The molecule has 0 unspecified atom stereocenters. The highest BCUT2D eigenvalue weighted by molar-refractivity contribution is 6.31. The molecular formula is C39H36Cl2N4O2. The van der Waals surface area contributed by atoms with Crippen LogP contribution in [0.3, 0.4) is 0 Å². The molecule has 0 aliphatic rings. The first-order chi connectivity index (χ1) is 23.0. The van der Waals surface area contributed by atoms with Crippen LogP contribution < -0.4 is 9.47 Å². The number of ether oxygens (including phenoxy) is 2. The summed E-state index contributed by atoms with van der Waals surface area (Å²) < 4.78 is 14.2. The number of pyridine rings is 2. The standard InChI is InChI=1S/C39H36Cl2N4O2/c1-3-5-20-46-38-29(22-27-12-16-31(40)24-36(27)42-38)14-18-33-26-35(45(44-33)34-10-8-7-9-11-34)19-15-30-23-28-13-17-32(41)25-37(28)43-39(30)47-21-6-4-2/h7-19,22-26H,3-6,20-21H2,1-2H3/b18-14+,19-15+. The van der Waals surface area contributed by atoms with Crippen LogP contribution in [0.2, 0.25) is 10.0 Å². The fourth-order valence-electron chi connectivity index (χ4n) is 5.12. The number of benzene rings is 3. The lowest BCUT2D eigenvalue weighted by Gasteiger charge is -2.10. The number of nitrogens with zero attached hydrogens (tertiary/aromatic N) is 4. The molecule has 0 fully saturated rings. The molecular weight excluding hydrogens is 627 g/mol. The number of rotatable bonds is 13. The van der Waals surface area contributed by atoms with Crippen molar-refractivity contribution in [3.8, 4) is 17.4 Å². The molecule has 0 bridgehead atoms. The molecule has 0 spiro atoms. The van der Waals surface area contributed by atoms with Gasteiger partial charge in [0, 0.05) is 31.9 Å². The van der Waals surface area contributed by atoms with Crippen LogP contribution in [0.4, 0.5) is 0 Å². The Balaban J connectivity index is 1.37. The number of unbranched alkanes of at least 4 members (excludes halogenated alkanes) is 2. The van der Waals surface area contributed by atoms with Crippen LogP contribution >= 0.6 is 23.2 Å². The minimum Gasteiger partial charge on any atom is -0.477 e. The molecule has 0 saturated heterocycles. The number of hydrogen-bond acceptors (Lipinski definition) is 5. The number of halogens is 2. The van der Waals surface area contributed by atoms with Crippen LogP contribution in [0, 0.1) is 0 Å². The highest BCUT2D eigenvalue weighted by Crippen LogP contribution is 2.29. The van der Waals surface area contributed by atoms with Gasteiger partial charge in [0.1, 0.15) is 0 Å². The van der Waals surface area contributed by atoms with E-state index in [-0.39, 0.29) is 0 Å². The predicted molar refractivity (Wildman–Crippen MR) is 196 cm³/mol. The number of para-hydroxylation sites is 1. The summed E-state index contributed by atoms with van der Waals surface area (Å²) in [6.45, 7) is 5.46. The van der Waals surface area contributed by atoms with Crippen LogP contribution in [0.5, 0.6) is 11.8 Å². The monoisotopic (exact) mass is 662 g/mol. The Morgan fingerprint density at radius 3 is 1.74 bits per heavy atom. The molecule has 3 aromatic carbocycles. The molecule has 0 amide bonds. The first-order valence-electron chi connectivity index (χ1n) is 16.0. The molecule has 0 aliphatic carbocycles. The van der Waals surface area contributed by atoms with E-state index in [1.807, 2.05) is 95.7 Å². The van der Waals surface area contributed by atoms with Gasteiger partial charge in [-0.3, -0.25) is 0 Å². The van der Waals surface area contributed by atoms with Gasteiger partial charge in [0.2, 0.25) is 11.8 Å². The van der Waals surface area contributed by atoms with Crippen molar-refractivity contribution < 1.29 is 9.47 Å². The van der Waals surface area contributed by atoms with E-state index in [1.54, 1.807) is 0 Å². The van der Waals surface area contributed by atoms with E-state index in [1.165, 1.54) is 0 Å². The molecule has 6 aromatic rings. The zero-order valence-electron chi connectivity index (χ0n) is 26.5. The van der Waals surface area contributed by atoms with Crippen LogP contribution in [0.25, 0.3) is 51.8 Å². The van der Waals surface area contributed by atoms with Gasteiger partial charge < -0.3 is 9.47 Å². The second-order valence-corrected chi connectivity index (χ2v) is 12.1. The van der Waals surface area contributed by atoms with E-state index < -0.39 is 0 Å². The highest BCUT2D eigenvalue weighted by Gasteiger charge is 2.11. The minimum atomic E-state index is 0.577. The SMILES string of the molecule is CCCCOc1nc2cc(Cl)ccc2cc1/C=C/c1cc(/C=C/c2cc3ccc(Cl)cc3nc2OCCCC)n(-c2ccccc2)n1. The second-order valence-electron chi connectivity index (χ2n) is 11.3. The van der Waals surface area contributed by atoms with E-state index in [0.717, 1.165) is 75.7 Å². The lowest BCUT2D eigenvalue weighted by Crippen LogP contribution is -2.01. The molecule has 0 saturated carbocycles. The lowest BCUT2D eigenvalue weighted by molar-refractivity contribution is 0.298. The smallest absolute Gasteiger partial charge is 0.221 e. The lowest BCUT2D eigenvalue weighted by atomic mass is 10.1. The van der Waals surface area contributed by atoms with Crippen LogP contribution in [-0.2, 0) is 0 Å². The molecule has 0 aliphatic heterocycles. The molecule has 8 heteroatoms. The van der Waals surface area contributed by atoms with E-state index >= 15 is 0 Å². The van der Waals surface area contributed by atoms with Gasteiger partial charge in [-0.15, -0.1) is 0 Å². The molecule has 6 rings (SSSR count). The highest BCUT2D eigenvalue weighted by atomic mass is 35.5. The summed E-state index contributed by atoms with van der Waals surface area (Å²) in [4.78, 5) is 9.61. The molecule has 0 atom stereocenters. The maximum Gasteiger partial charge on any atom is 0.221 e. The molecule has 0 radical (unpaired) electrons. The zero-order valence-corrected chi connectivity index (χ0v) is 28.0. The quantitative estimate of drug-likeness (QED) is 0.115. The summed E-state index contributed by atoms with van der Waals surface area (Å²) >= 11 is 12.5.